The fraction of sp³-hybridized carbons (Fsp3) is 0.389. The van der Waals surface area contributed by atoms with Crippen molar-refractivity contribution in [3.8, 4) is 16.8 Å². The molecule has 5 atom stereocenters. The number of hydrogen-bond acceptors (Lipinski definition) is 11. The zero-order chi connectivity index (χ0) is 22.8. The molecule has 1 saturated heterocycles. The lowest BCUT2D eigenvalue weighted by Gasteiger charge is -2.43. The first-order valence-corrected chi connectivity index (χ1v) is 12.1. The molecule has 0 amide bonds. The molecule has 0 bridgehead atoms. The number of rotatable bonds is 6. The molecule has 0 aromatic carbocycles. The Morgan fingerprint density at radius 3 is 2.97 bits per heavy atom. The number of nitriles is 1. The van der Waals surface area contributed by atoms with E-state index in [1.165, 1.54) is 41.1 Å². The van der Waals surface area contributed by atoms with Crippen LogP contribution in [-0.2, 0) is 9.47 Å². The van der Waals surface area contributed by atoms with Crippen LogP contribution < -0.4 is 0 Å². The average Bonchev–Trinajstić information content (AvgIpc) is 3.43. The van der Waals surface area contributed by atoms with Crippen molar-refractivity contribution in [3.05, 3.63) is 39.2 Å². The first kappa shape index (κ1) is 23.5. The van der Waals surface area contributed by atoms with E-state index in [9.17, 15) is 15.5 Å². The normalized spacial score (nSPS) is 25.6. The number of aliphatic hydroxyl groups is 2. The summed E-state index contributed by atoms with van der Waals surface area (Å²) in [5.74, 6) is 0. The van der Waals surface area contributed by atoms with Gasteiger partial charge in [0, 0.05) is 28.1 Å². The number of halogens is 2. The van der Waals surface area contributed by atoms with Crippen LogP contribution in [0.2, 0.25) is 5.15 Å². The molecule has 2 N–H and O–H groups in total. The minimum atomic E-state index is -1.13. The Morgan fingerprint density at radius 1 is 1.50 bits per heavy atom. The maximum Gasteiger partial charge on any atom is 0.154 e. The molecule has 14 heteroatoms. The van der Waals surface area contributed by atoms with E-state index in [1.54, 1.807) is 17.6 Å². The summed E-state index contributed by atoms with van der Waals surface area (Å²) in [4.78, 5) is 8.87. The number of methoxy groups -OCH3 is 1. The molecule has 1 aliphatic heterocycles. The summed E-state index contributed by atoms with van der Waals surface area (Å²) in [6.45, 7) is -0.420. The molecule has 3 aromatic rings. The van der Waals surface area contributed by atoms with Crippen molar-refractivity contribution < 1.29 is 19.7 Å². The number of thiazole rings is 1. The van der Waals surface area contributed by atoms with E-state index in [2.05, 4.69) is 42.3 Å². The molecule has 4 rings (SSSR count). The molecule has 0 unspecified atom stereocenters. The molecule has 0 aliphatic carbocycles. The quantitative estimate of drug-likeness (QED) is 0.463. The van der Waals surface area contributed by atoms with Gasteiger partial charge in [-0.2, -0.15) is 5.26 Å². The predicted molar refractivity (Wildman–Crippen MR) is 120 cm³/mol. The van der Waals surface area contributed by atoms with Gasteiger partial charge in [-0.1, -0.05) is 28.6 Å². The molecular formula is C18H16BrClN6O4S2. The van der Waals surface area contributed by atoms with Gasteiger partial charge < -0.3 is 19.7 Å². The second-order valence-electron chi connectivity index (χ2n) is 6.70. The summed E-state index contributed by atoms with van der Waals surface area (Å²) in [6, 6.07) is 3.07. The van der Waals surface area contributed by atoms with Gasteiger partial charge in [0.1, 0.15) is 51.7 Å². The monoisotopic (exact) mass is 558 g/mol. The molecule has 168 valence electrons. The van der Waals surface area contributed by atoms with E-state index >= 15 is 0 Å². The summed E-state index contributed by atoms with van der Waals surface area (Å²) in [6.07, 6.45) is 0.433. The van der Waals surface area contributed by atoms with Crippen LogP contribution in [0, 0.1) is 11.3 Å². The zero-order valence-corrected chi connectivity index (χ0v) is 20.3. The predicted octanol–water partition coefficient (Wildman–Crippen LogP) is 2.51. The Hall–Kier alpha value is -1.63. The lowest BCUT2D eigenvalue weighted by atomic mass is 9.97. The van der Waals surface area contributed by atoms with Gasteiger partial charge in [0.15, 0.2) is 5.69 Å². The molecule has 0 saturated carbocycles. The van der Waals surface area contributed by atoms with Gasteiger partial charge in [-0.05, 0) is 22.0 Å². The van der Waals surface area contributed by atoms with Crippen molar-refractivity contribution in [1.82, 2.24) is 25.0 Å². The van der Waals surface area contributed by atoms with Crippen molar-refractivity contribution in [2.24, 2.45) is 0 Å². The second-order valence-corrected chi connectivity index (χ2v) is 10.00. The number of pyridine rings is 1. The smallest absolute Gasteiger partial charge is 0.154 e. The summed E-state index contributed by atoms with van der Waals surface area (Å²) in [7, 11) is 1.49. The fourth-order valence-electron chi connectivity index (χ4n) is 3.32. The summed E-state index contributed by atoms with van der Waals surface area (Å²) >= 11 is 11.8. The van der Waals surface area contributed by atoms with Gasteiger partial charge in [0.2, 0.25) is 0 Å². The SMILES string of the molecule is CO[C@@H]1[C@@H](n2cc(-c3nc(Cl)cs3)nn2)[C@@H](O)[C@@H](CO)O[C@@H]1Sc1cc(Br)cnc1C#N. The fourth-order valence-corrected chi connectivity index (χ4v) is 5.96. The number of aromatic nitrogens is 5. The van der Waals surface area contributed by atoms with Gasteiger partial charge in [-0.25, -0.2) is 14.6 Å². The largest absolute Gasteiger partial charge is 0.394 e. The van der Waals surface area contributed by atoms with Crippen LogP contribution in [0.1, 0.15) is 11.7 Å². The van der Waals surface area contributed by atoms with Crippen LogP contribution >= 0.6 is 50.6 Å². The van der Waals surface area contributed by atoms with E-state index in [0.29, 0.717) is 25.2 Å². The minimum Gasteiger partial charge on any atom is -0.394 e. The van der Waals surface area contributed by atoms with E-state index < -0.39 is 36.4 Å². The maximum atomic E-state index is 10.9. The molecular weight excluding hydrogens is 544 g/mol. The van der Waals surface area contributed by atoms with Gasteiger partial charge >= 0.3 is 0 Å². The number of hydrogen-bond donors (Lipinski definition) is 2. The van der Waals surface area contributed by atoms with Crippen molar-refractivity contribution in [2.75, 3.05) is 13.7 Å². The lowest BCUT2D eigenvalue weighted by molar-refractivity contribution is -0.186. The van der Waals surface area contributed by atoms with Crippen molar-refractivity contribution in [2.45, 2.75) is 34.7 Å². The topological polar surface area (TPSA) is 139 Å². The highest BCUT2D eigenvalue weighted by Gasteiger charge is 2.47. The molecule has 0 spiro atoms. The third-order valence-electron chi connectivity index (χ3n) is 4.78. The van der Waals surface area contributed by atoms with E-state index in [-0.39, 0.29) is 5.69 Å². The third kappa shape index (κ3) is 4.68. The summed E-state index contributed by atoms with van der Waals surface area (Å²) in [5, 5.41) is 41.1. The van der Waals surface area contributed by atoms with E-state index in [0.717, 1.165) is 0 Å². The second kappa shape index (κ2) is 10.1. The van der Waals surface area contributed by atoms with Crippen molar-refractivity contribution in [3.63, 3.8) is 0 Å². The van der Waals surface area contributed by atoms with Gasteiger partial charge in [0.25, 0.3) is 0 Å². The van der Waals surface area contributed by atoms with Crippen molar-refractivity contribution in [1.29, 1.82) is 5.26 Å². The summed E-state index contributed by atoms with van der Waals surface area (Å²) in [5.41, 5.74) is 0.0300. The molecule has 0 radical (unpaired) electrons. The Morgan fingerprint density at radius 2 is 2.31 bits per heavy atom. The van der Waals surface area contributed by atoms with Crippen LogP contribution in [0.3, 0.4) is 0 Å². The van der Waals surface area contributed by atoms with Gasteiger partial charge in [-0.3, -0.25) is 0 Å². The Kier molecular flexibility index (Phi) is 7.43. The Bertz CT molecular complexity index is 1140. The number of aliphatic hydroxyl groups excluding tert-OH is 2. The van der Waals surface area contributed by atoms with Crippen molar-refractivity contribution >= 4 is 50.6 Å². The van der Waals surface area contributed by atoms with Crippen LogP contribution in [0.15, 0.2) is 33.2 Å². The van der Waals surface area contributed by atoms with Gasteiger partial charge in [-0.15, -0.1) is 16.4 Å². The number of nitrogens with zero attached hydrogens (tertiary/aromatic N) is 6. The zero-order valence-electron chi connectivity index (χ0n) is 16.4. The minimum absolute atomic E-state index is 0.226. The molecule has 1 aliphatic rings. The maximum absolute atomic E-state index is 10.9. The molecule has 32 heavy (non-hydrogen) atoms. The molecule has 10 nitrogen and oxygen atoms in total. The standard InChI is InChI=1S/C18H16BrClN6O4S2/c1-29-16-14(26-5-10(24-25-26)17-23-13(20)7-31-17)15(28)11(6-27)30-18(16)32-12-2-8(19)4-22-9(12)3-21/h2,4-5,7,11,14-16,18,27-28H,6H2,1H3/t11-,14+,15+,16-,18-/m1/s1. The molecule has 4 heterocycles. The lowest BCUT2D eigenvalue weighted by Crippen LogP contribution is -2.55. The highest BCUT2D eigenvalue weighted by atomic mass is 79.9. The number of ether oxygens (including phenoxy) is 2. The van der Waals surface area contributed by atoms with Gasteiger partial charge in [0.05, 0.1) is 12.8 Å². The Labute approximate surface area is 204 Å². The molecule has 1 fully saturated rings. The van der Waals surface area contributed by atoms with Crippen LogP contribution in [-0.4, -0.2) is 72.6 Å². The third-order valence-corrected chi connectivity index (χ3v) is 7.57. The summed E-state index contributed by atoms with van der Waals surface area (Å²) < 4.78 is 13.8. The highest BCUT2D eigenvalue weighted by Crippen LogP contribution is 2.40. The molecule has 3 aromatic heterocycles. The first-order valence-electron chi connectivity index (χ1n) is 9.17. The average molecular weight is 560 g/mol. The van der Waals surface area contributed by atoms with Crippen LogP contribution in [0.4, 0.5) is 0 Å². The first-order chi connectivity index (χ1) is 15.4. The van der Waals surface area contributed by atoms with E-state index in [4.69, 9.17) is 21.1 Å². The van der Waals surface area contributed by atoms with E-state index in [1.807, 2.05) is 0 Å². The highest BCUT2D eigenvalue weighted by molar-refractivity contribution is 9.10. The number of thioether (sulfide) groups is 1. The van der Waals surface area contributed by atoms with Crippen LogP contribution in [0.5, 0.6) is 0 Å². The van der Waals surface area contributed by atoms with Crippen LogP contribution in [0.25, 0.3) is 10.7 Å². The Balaban J connectivity index is 1.68.